The first-order chi connectivity index (χ1) is 7.15. The van der Waals surface area contributed by atoms with Gasteiger partial charge in [0.2, 0.25) is 5.91 Å². The van der Waals surface area contributed by atoms with Crippen LogP contribution < -0.4 is 0 Å². The Labute approximate surface area is 89.6 Å². The molecule has 0 unspecified atom stereocenters. The van der Waals surface area contributed by atoms with Crippen molar-refractivity contribution < 1.29 is 14.7 Å². The molecule has 15 heavy (non-hydrogen) atoms. The van der Waals surface area contributed by atoms with Gasteiger partial charge < -0.3 is 10.0 Å². The summed E-state index contributed by atoms with van der Waals surface area (Å²) in [5.41, 5.74) is 0. The van der Waals surface area contributed by atoms with Gasteiger partial charge in [-0.15, -0.1) is 0 Å². The van der Waals surface area contributed by atoms with Crippen molar-refractivity contribution in [2.24, 2.45) is 0 Å². The van der Waals surface area contributed by atoms with Crippen molar-refractivity contribution in [3.63, 3.8) is 0 Å². The molecule has 0 bridgehead atoms. The number of hydrogen-bond donors (Lipinski definition) is 1. The van der Waals surface area contributed by atoms with Gasteiger partial charge in [-0.2, -0.15) is 0 Å². The normalized spacial score (nSPS) is 15.5. The molecule has 0 heterocycles. The Bertz CT molecular complexity index is 269. The number of amides is 1. The minimum atomic E-state index is -1.07. The summed E-state index contributed by atoms with van der Waals surface area (Å²) in [5, 5.41) is 8.42. The minimum Gasteiger partial charge on any atom is -0.478 e. The summed E-state index contributed by atoms with van der Waals surface area (Å²) in [7, 11) is 0. The predicted octanol–water partition coefficient (Wildman–Crippen LogP) is 1.42. The maximum absolute atomic E-state index is 11.6. The predicted molar refractivity (Wildman–Crippen MR) is 56.4 cm³/mol. The fourth-order valence-electron chi connectivity index (χ4n) is 1.43. The molecule has 1 saturated carbocycles. The lowest BCUT2D eigenvalue weighted by molar-refractivity contribution is -0.132. The van der Waals surface area contributed by atoms with Crippen LogP contribution in [0.15, 0.2) is 12.2 Å². The second-order valence-electron chi connectivity index (χ2n) is 3.79. The molecule has 0 aromatic rings. The highest BCUT2D eigenvalue weighted by molar-refractivity contribution is 5.94. The van der Waals surface area contributed by atoms with Crippen molar-refractivity contribution >= 4 is 11.9 Å². The smallest absolute Gasteiger partial charge is 0.328 e. The van der Waals surface area contributed by atoms with Crippen LogP contribution in [0.4, 0.5) is 0 Å². The average molecular weight is 211 g/mol. The third kappa shape index (κ3) is 4.14. The molecule has 0 aliphatic heterocycles. The minimum absolute atomic E-state index is 0.173. The summed E-state index contributed by atoms with van der Waals surface area (Å²) in [4.78, 5) is 23.7. The van der Waals surface area contributed by atoms with Crippen LogP contribution in [-0.4, -0.2) is 34.5 Å². The van der Waals surface area contributed by atoms with E-state index in [4.69, 9.17) is 5.11 Å². The van der Waals surface area contributed by atoms with Crippen LogP contribution >= 0.6 is 0 Å². The quantitative estimate of drug-likeness (QED) is 0.676. The van der Waals surface area contributed by atoms with Gasteiger partial charge in [-0.25, -0.2) is 4.79 Å². The third-order valence-corrected chi connectivity index (χ3v) is 2.39. The number of unbranched alkanes of at least 4 members (excludes halogenated alkanes) is 1. The van der Waals surface area contributed by atoms with Gasteiger partial charge in [0, 0.05) is 24.7 Å². The van der Waals surface area contributed by atoms with Crippen LogP contribution in [0, 0.1) is 0 Å². The molecule has 1 N–H and O–H groups in total. The van der Waals surface area contributed by atoms with Gasteiger partial charge in [0.15, 0.2) is 0 Å². The van der Waals surface area contributed by atoms with Crippen molar-refractivity contribution in [1.29, 1.82) is 0 Å². The summed E-state index contributed by atoms with van der Waals surface area (Å²) >= 11 is 0. The number of nitrogens with zero attached hydrogens (tertiary/aromatic N) is 1. The second kappa shape index (κ2) is 5.53. The molecule has 1 rings (SSSR count). The lowest BCUT2D eigenvalue weighted by atomic mass is 10.3. The fourth-order valence-corrected chi connectivity index (χ4v) is 1.43. The van der Waals surface area contributed by atoms with E-state index < -0.39 is 5.97 Å². The van der Waals surface area contributed by atoms with Gasteiger partial charge in [-0.05, 0) is 19.3 Å². The first kappa shape index (κ1) is 11.8. The lowest BCUT2D eigenvalue weighted by Gasteiger charge is -2.20. The molecule has 0 radical (unpaired) electrons. The molecule has 1 fully saturated rings. The molecule has 0 aromatic heterocycles. The standard InChI is InChI=1S/C11H17NO3/c1-2-3-8-12(9-4-5-9)10(13)6-7-11(14)15/h6-7,9H,2-5,8H2,1H3,(H,14,15)/b7-6+. The number of carboxylic acid groups (broad SMARTS) is 1. The number of rotatable bonds is 6. The van der Waals surface area contributed by atoms with Crippen molar-refractivity contribution in [1.82, 2.24) is 4.90 Å². The first-order valence-corrected chi connectivity index (χ1v) is 5.36. The van der Waals surface area contributed by atoms with Gasteiger partial charge in [0.1, 0.15) is 0 Å². The van der Waals surface area contributed by atoms with E-state index in [0.29, 0.717) is 6.04 Å². The van der Waals surface area contributed by atoms with E-state index in [-0.39, 0.29) is 5.91 Å². The Morgan fingerprint density at radius 1 is 1.40 bits per heavy atom. The Balaban J connectivity index is 2.47. The van der Waals surface area contributed by atoms with Crippen molar-refractivity contribution in [3.05, 3.63) is 12.2 Å². The summed E-state index contributed by atoms with van der Waals surface area (Å²) in [6.07, 6.45) is 6.18. The fraction of sp³-hybridized carbons (Fsp3) is 0.636. The van der Waals surface area contributed by atoms with Crippen molar-refractivity contribution in [2.45, 2.75) is 38.6 Å². The van der Waals surface area contributed by atoms with Crippen LogP contribution in [0.1, 0.15) is 32.6 Å². The Hall–Kier alpha value is -1.32. The molecule has 1 amide bonds. The second-order valence-corrected chi connectivity index (χ2v) is 3.79. The molecule has 4 nitrogen and oxygen atoms in total. The van der Waals surface area contributed by atoms with E-state index >= 15 is 0 Å². The SMILES string of the molecule is CCCCN(C(=O)/C=C/C(=O)O)C1CC1. The van der Waals surface area contributed by atoms with Crippen LogP contribution in [0.2, 0.25) is 0 Å². The Morgan fingerprint density at radius 3 is 2.53 bits per heavy atom. The number of aliphatic carboxylic acids is 1. The highest BCUT2D eigenvalue weighted by Gasteiger charge is 2.30. The van der Waals surface area contributed by atoms with Gasteiger partial charge in [0.05, 0.1) is 0 Å². The number of hydrogen-bond acceptors (Lipinski definition) is 2. The van der Waals surface area contributed by atoms with E-state index in [9.17, 15) is 9.59 Å². The molecular weight excluding hydrogens is 194 g/mol. The Kier molecular flexibility index (Phi) is 4.34. The zero-order chi connectivity index (χ0) is 11.3. The molecule has 4 heteroatoms. The van der Waals surface area contributed by atoms with E-state index in [1.54, 1.807) is 4.90 Å². The first-order valence-electron chi connectivity index (χ1n) is 5.36. The van der Waals surface area contributed by atoms with Crippen LogP contribution in [0.25, 0.3) is 0 Å². The lowest BCUT2D eigenvalue weighted by Crippen LogP contribution is -2.32. The highest BCUT2D eigenvalue weighted by atomic mass is 16.4. The van der Waals surface area contributed by atoms with Gasteiger partial charge in [-0.1, -0.05) is 13.3 Å². The number of carbonyl (C=O) groups excluding carboxylic acids is 1. The maximum atomic E-state index is 11.6. The van der Waals surface area contributed by atoms with Crippen LogP contribution in [0.5, 0.6) is 0 Å². The van der Waals surface area contributed by atoms with Crippen LogP contribution in [-0.2, 0) is 9.59 Å². The molecule has 0 saturated heterocycles. The van der Waals surface area contributed by atoms with Crippen LogP contribution in [0.3, 0.4) is 0 Å². The molecule has 0 aromatic carbocycles. The zero-order valence-electron chi connectivity index (χ0n) is 8.98. The molecular formula is C11H17NO3. The molecule has 0 spiro atoms. The summed E-state index contributed by atoms with van der Waals surface area (Å²) < 4.78 is 0. The monoisotopic (exact) mass is 211 g/mol. The maximum Gasteiger partial charge on any atom is 0.328 e. The summed E-state index contributed by atoms with van der Waals surface area (Å²) in [6, 6.07) is 0.350. The van der Waals surface area contributed by atoms with E-state index in [1.807, 2.05) is 0 Å². The Morgan fingerprint density at radius 2 is 2.07 bits per heavy atom. The number of carbonyl (C=O) groups is 2. The van der Waals surface area contributed by atoms with Crippen molar-refractivity contribution in [3.8, 4) is 0 Å². The van der Waals surface area contributed by atoms with E-state index in [2.05, 4.69) is 6.92 Å². The highest BCUT2D eigenvalue weighted by Crippen LogP contribution is 2.27. The third-order valence-electron chi connectivity index (χ3n) is 2.39. The topological polar surface area (TPSA) is 57.6 Å². The summed E-state index contributed by atoms with van der Waals surface area (Å²) in [5.74, 6) is -1.25. The van der Waals surface area contributed by atoms with Gasteiger partial charge >= 0.3 is 5.97 Å². The molecule has 1 aliphatic carbocycles. The average Bonchev–Trinajstić information content (AvgIpc) is 2.99. The molecule has 1 aliphatic rings. The summed E-state index contributed by atoms with van der Waals surface area (Å²) in [6.45, 7) is 2.81. The number of carboxylic acids is 1. The van der Waals surface area contributed by atoms with E-state index in [0.717, 1.165) is 44.4 Å². The van der Waals surface area contributed by atoms with E-state index in [1.165, 1.54) is 0 Å². The molecule has 84 valence electrons. The van der Waals surface area contributed by atoms with Gasteiger partial charge in [0.25, 0.3) is 0 Å². The zero-order valence-corrected chi connectivity index (χ0v) is 8.98. The largest absolute Gasteiger partial charge is 0.478 e. The van der Waals surface area contributed by atoms with Crippen molar-refractivity contribution in [2.75, 3.05) is 6.54 Å². The van der Waals surface area contributed by atoms with Gasteiger partial charge in [-0.3, -0.25) is 4.79 Å². The molecule has 0 atom stereocenters.